The maximum atomic E-state index is 10.7. The van der Waals surface area contributed by atoms with Crippen LogP contribution in [0.1, 0.15) is 17.7 Å². The first-order valence-corrected chi connectivity index (χ1v) is 4.43. The lowest BCUT2D eigenvalue weighted by Crippen LogP contribution is -2.22. The van der Waals surface area contributed by atoms with E-state index >= 15 is 0 Å². The van der Waals surface area contributed by atoms with E-state index in [0.29, 0.717) is 6.42 Å². The number of hydrogen-bond donors (Lipinski definition) is 1. The molecule has 0 spiro atoms. The third-order valence-corrected chi connectivity index (χ3v) is 2.53. The van der Waals surface area contributed by atoms with E-state index < -0.39 is 5.97 Å². The molecule has 0 saturated heterocycles. The average Bonchev–Trinajstić information content (AvgIpc) is 2.17. The standard InChI is InChI=1S/C10H11NO2.ClH/c12-10(13)8-3-4-9-7(6-8)2-1-5-11-9;/h1-2,5,8H,3-4,6H2,(H,12,13);1H. The highest BCUT2D eigenvalue weighted by molar-refractivity contribution is 5.85. The molecule has 1 aliphatic carbocycles. The number of aromatic nitrogens is 1. The van der Waals surface area contributed by atoms with Crippen molar-refractivity contribution in [3.05, 3.63) is 29.6 Å². The van der Waals surface area contributed by atoms with Gasteiger partial charge in [0.05, 0.1) is 5.92 Å². The third-order valence-electron chi connectivity index (χ3n) is 2.53. The maximum Gasteiger partial charge on any atom is 0.306 e. The smallest absolute Gasteiger partial charge is 0.306 e. The Morgan fingerprint density at radius 1 is 1.57 bits per heavy atom. The molecule has 1 aliphatic rings. The van der Waals surface area contributed by atoms with E-state index in [4.69, 9.17) is 5.11 Å². The van der Waals surface area contributed by atoms with Gasteiger partial charge in [-0.25, -0.2) is 0 Å². The Hall–Kier alpha value is -1.09. The molecular formula is C10H12ClNO2. The first kappa shape index (κ1) is 11.0. The molecule has 1 heterocycles. The van der Waals surface area contributed by atoms with Gasteiger partial charge in [-0.05, 0) is 30.9 Å². The van der Waals surface area contributed by atoms with Crippen molar-refractivity contribution in [1.82, 2.24) is 4.98 Å². The Morgan fingerprint density at radius 2 is 2.36 bits per heavy atom. The minimum Gasteiger partial charge on any atom is -0.481 e. The van der Waals surface area contributed by atoms with Gasteiger partial charge in [-0.2, -0.15) is 0 Å². The van der Waals surface area contributed by atoms with Crippen molar-refractivity contribution < 1.29 is 9.90 Å². The van der Waals surface area contributed by atoms with Gasteiger partial charge in [-0.3, -0.25) is 9.78 Å². The number of fused-ring (bicyclic) bond motifs is 1. The number of carboxylic acids is 1. The van der Waals surface area contributed by atoms with E-state index in [0.717, 1.165) is 24.1 Å². The number of carboxylic acid groups (broad SMARTS) is 1. The summed E-state index contributed by atoms with van der Waals surface area (Å²) in [4.78, 5) is 15.0. The van der Waals surface area contributed by atoms with Crippen LogP contribution in [0.15, 0.2) is 18.3 Å². The molecule has 0 bridgehead atoms. The molecule has 1 N–H and O–H groups in total. The monoisotopic (exact) mass is 213 g/mol. The summed E-state index contributed by atoms with van der Waals surface area (Å²) in [6.45, 7) is 0. The zero-order chi connectivity index (χ0) is 9.26. The minimum absolute atomic E-state index is 0. The number of hydrogen-bond acceptors (Lipinski definition) is 2. The summed E-state index contributed by atoms with van der Waals surface area (Å²) < 4.78 is 0. The number of aliphatic carboxylic acids is 1. The highest BCUT2D eigenvalue weighted by Crippen LogP contribution is 2.23. The van der Waals surface area contributed by atoms with Gasteiger partial charge in [0.15, 0.2) is 0 Å². The van der Waals surface area contributed by atoms with E-state index in [9.17, 15) is 4.79 Å². The number of rotatable bonds is 1. The number of carbonyl (C=O) groups is 1. The van der Waals surface area contributed by atoms with Gasteiger partial charge in [-0.1, -0.05) is 6.07 Å². The maximum absolute atomic E-state index is 10.7. The van der Waals surface area contributed by atoms with Crippen LogP contribution in [-0.2, 0) is 17.6 Å². The summed E-state index contributed by atoms with van der Waals surface area (Å²) in [5.74, 6) is -0.897. The molecule has 1 aromatic heterocycles. The summed E-state index contributed by atoms with van der Waals surface area (Å²) >= 11 is 0. The summed E-state index contributed by atoms with van der Waals surface area (Å²) in [6, 6.07) is 3.83. The molecule has 0 aromatic carbocycles. The van der Waals surface area contributed by atoms with E-state index in [1.807, 2.05) is 12.1 Å². The highest BCUT2D eigenvalue weighted by Gasteiger charge is 2.24. The number of nitrogens with zero attached hydrogens (tertiary/aromatic N) is 1. The lowest BCUT2D eigenvalue weighted by atomic mass is 9.87. The van der Waals surface area contributed by atoms with Gasteiger partial charge in [-0.15, -0.1) is 12.4 Å². The normalized spacial score (nSPS) is 19.3. The molecular weight excluding hydrogens is 202 g/mol. The van der Waals surface area contributed by atoms with E-state index in [2.05, 4.69) is 4.98 Å². The van der Waals surface area contributed by atoms with Gasteiger partial charge in [0, 0.05) is 11.9 Å². The molecule has 0 aliphatic heterocycles. The zero-order valence-electron chi connectivity index (χ0n) is 7.64. The van der Waals surface area contributed by atoms with Gasteiger partial charge < -0.3 is 5.11 Å². The van der Waals surface area contributed by atoms with Crippen LogP contribution in [0, 0.1) is 5.92 Å². The van der Waals surface area contributed by atoms with Gasteiger partial charge in [0.1, 0.15) is 0 Å². The highest BCUT2D eigenvalue weighted by atomic mass is 35.5. The Labute approximate surface area is 88.6 Å². The predicted octanol–water partition coefficient (Wildman–Crippen LogP) is 1.69. The van der Waals surface area contributed by atoms with Gasteiger partial charge in [0.2, 0.25) is 0 Å². The number of pyridine rings is 1. The second-order valence-electron chi connectivity index (χ2n) is 3.39. The molecule has 14 heavy (non-hydrogen) atoms. The second kappa shape index (κ2) is 4.42. The molecule has 2 rings (SSSR count). The second-order valence-corrected chi connectivity index (χ2v) is 3.39. The molecule has 0 radical (unpaired) electrons. The van der Waals surface area contributed by atoms with Crippen LogP contribution in [0.2, 0.25) is 0 Å². The molecule has 0 amide bonds. The Kier molecular flexibility index (Phi) is 3.47. The first-order chi connectivity index (χ1) is 6.27. The fraction of sp³-hybridized carbons (Fsp3) is 0.400. The van der Waals surface area contributed by atoms with Crippen molar-refractivity contribution in [3.8, 4) is 0 Å². The quantitative estimate of drug-likeness (QED) is 0.773. The molecule has 3 nitrogen and oxygen atoms in total. The lowest BCUT2D eigenvalue weighted by molar-refractivity contribution is -0.142. The van der Waals surface area contributed by atoms with Crippen molar-refractivity contribution in [1.29, 1.82) is 0 Å². The van der Waals surface area contributed by atoms with Crippen molar-refractivity contribution in [2.75, 3.05) is 0 Å². The van der Waals surface area contributed by atoms with Crippen molar-refractivity contribution >= 4 is 18.4 Å². The summed E-state index contributed by atoms with van der Waals surface area (Å²) in [7, 11) is 0. The van der Waals surface area contributed by atoms with Crippen molar-refractivity contribution in [2.45, 2.75) is 19.3 Å². The molecule has 0 saturated carbocycles. The van der Waals surface area contributed by atoms with Crippen molar-refractivity contribution in [2.24, 2.45) is 5.92 Å². The summed E-state index contributed by atoms with van der Waals surface area (Å²) in [6.07, 6.45) is 3.92. The van der Waals surface area contributed by atoms with Crippen molar-refractivity contribution in [3.63, 3.8) is 0 Å². The SMILES string of the molecule is Cl.O=C(O)C1CCc2ncccc2C1. The van der Waals surface area contributed by atoms with E-state index in [1.165, 1.54) is 0 Å². The van der Waals surface area contributed by atoms with Gasteiger partial charge >= 0.3 is 5.97 Å². The zero-order valence-corrected chi connectivity index (χ0v) is 8.46. The Balaban J connectivity index is 0.000000980. The fourth-order valence-corrected chi connectivity index (χ4v) is 1.77. The minimum atomic E-state index is -0.686. The lowest BCUT2D eigenvalue weighted by Gasteiger charge is -2.19. The van der Waals surface area contributed by atoms with E-state index in [-0.39, 0.29) is 18.3 Å². The fourth-order valence-electron chi connectivity index (χ4n) is 1.77. The Morgan fingerprint density at radius 3 is 3.07 bits per heavy atom. The summed E-state index contributed by atoms with van der Waals surface area (Å²) in [5.41, 5.74) is 2.17. The van der Waals surface area contributed by atoms with Crippen LogP contribution in [-0.4, -0.2) is 16.1 Å². The topological polar surface area (TPSA) is 50.2 Å². The van der Waals surface area contributed by atoms with Crippen LogP contribution < -0.4 is 0 Å². The molecule has 1 unspecified atom stereocenters. The predicted molar refractivity (Wildman–Crippen MR) is 54.6 cm³/mol. The van der Waals surface area contributed by atoms with Gasteiger partial charge in [0.25, 0.3) is 0 Å². The molecule has 4 heteroatoms. The summed E-state index contributed by atoms with van der Waals surface area (Å²) in [5, 5.41) is 8.84. The van der Waals surface area contributed by atoms with E-state index in [1.54, 1.807) is 6.20 Å². The van der Waals surface area contributed by atoms with Crippen LogP contribution in [0.25, 0.3) is 0 Å². The average molecular weight is 214 g/mol. The third kappa shape index (κ3) is 2.04. The number of halogens is 1. The van der Waals surface area contributed by atoms with Crippen LogP contribution >= 0.6 is 12.4 Å². The molecule has 0 fully saturated rings. The molecule has 1 atom stereocenters. The molecule has 1 aromatic rings. The molecule has 76 valence electrons. The largest absolute Gasteiger partial charge is 0.481 e. The van der Waals surface area contributed by atoms with Crippen LogP contribution in [0.5, 0.6) is 0 Å². The van der Waals surface area contributed by atoms with Crippen LogP contribution in [0.3, 0.4) is 0 Å². The number of aryl methyl sites for hydroxylation is 1. The van der Waals surface area contributed by atoms with Crippen LogP contribution in [0.4, 0.5) is 0 Å². The Bertz CT molecular complexity index is 341. The first-order valence-electron chi connectivity index (χ1n) is 4.43.